The number of rotatable bonds is 6. The molecule has 1 aliphatic heterocycles. The first kappa shape index (κ1) is 20.9. The molecule has 1 saturated heterocycles. The summed E-state index contributed by atoms with van der Waals surface area (Å²) < 4.78 is 20.8. The van der Waals surface area contributed by atoms with Crippen molar-refractivity contribution in [3.8, 4) is 5.75 Å². The van der Waals surface area contributed by atoms with Gasteiger partial charge in [0.25, 0.3) is 0 Å². The summed E-state index contributed by atoms with van der Waals surface area (Å²) in [4.78, 5) is 4.76. The monoisotopic (exact) mass is 436 g/mol. The summed E-state index contributed by atoms with van der Waals surface area (Å²) in [7, 11) is 1.68. The summed E-state index contributed by atoms with van der Waals surface area (Å²) in [6.45, 7) is 3.46. The lowest BCUT2D eigenvalue weighted by Gasteiger charge is -2.40. The van der Waals surface area contributed by atoms with Gasteiger partial charge in [0.15, 0.2) is 5.82 Å². The van der Waals surface area contributed by atoms with Crippen molar-refractivity contribution in [2.75, 3.05) is 38.2 Å². The molecule has 0 spiro atoms. The molecule has 2 aromatic carbocycles. The van der Waals surface area contributed by atoms with E-state index in [4.69, 9.17) is 4.74 Å². The zero-order valence-corrected chi connectivity index (χ0v) is 18.4. The number of aromatic nitrogens is 4. The molecule has 0 unspecified atom stereocenters. The molecule has 1 aromatic heterocycles. The highest BCUT2D eigenvalue weighted by atomic mass is 19.1. The van der Waals surface area contributed by atoms with E-state index >= 15 is 0 Å². The average molecular weight is 437 g/mol. The van der Waals surface area contributed by atoms with Gasteiger partial charge in [0, 0.05) is 31.9 Å². The summed E-state index contributed by atoms with van der Waals surface area (Å²) in [5.41, 5.74) is 2.22. The van der Waals surface area contributed by atoms with Crippen molar-refractivity contribution in [2.24, 2.45) is 0 Å². The molecule has 32 heavy (non-hydrogen) atoms. The van der Waals surface area contributed by atoms with E-state index < -0.39 is 0 Å². The molecule has 0 N–H and O–H groups in total. The first-order valence-corrected chi connectivity index (χ1v) is 11.4. The highest BCUT2D eigenvalue weighted by Crippen LogP contribution is 2.35. The molecule has 1 atom stereocenters. The number of hydrogen-bond donors (Lipinski definition) is 0. The van der Waals surface area contributed by atoms with Gasteiger partial charge >= 0.3 is 0 Å². The van der Waals surface area contributed by atoms with Gasteiger partial charge < -0.3 is 9.64 Å². The Labute approximate surface area is 187 Å². The van der Waals surface area contributed by atoms with Crippen molar-refractivity contribution >= 4 is 5.69 Å². The molecular formula is C24H29FN6O. The van der Waals surface area contributed by atoms with Crippen molar-refractivity contribution in [3.63, 3.8) is 0 Å². The Balaban J connectivity index is 1.42. The number of hydrogen-bond acceptors (Lipinski definition) is 6. The molecule has 0 amide bonds. The predicted octanol–water partition coefficient (Wildman–Crippen LogP) is 3.85. The first-order valence-electron chi connectivity index (χ1n) is 11.4. The fourth-order valence-corrected chi connectivity index (χ4v) is 4.99. The Morgan fingerprint density at radius 2 is 1.62 bits per heavy atom. The van der Waals surface area contributed by atoms with Crippen LogP contribution in [0.15, 0.2) is 48.5 Å². The van der Waals surface area contributed by atoms with Crippen molar-refractivity contribution in [3.05, 3.63) is 65.7 Å². The normalized spacial score (nSPS) is 18.8. The van der Waals surface area contributed by atoms with Crippen LogP contribution in [0, 0.1) is 5.82 Å². The molecule has 1 saturated carbocycles. The first-order chi connectivity index (χ1) is 15.7. The Hall–Kier alpha value is -3.00. The van der Waals surface area contributed by atoms with Gasteiger partial charge in [-0.3, -0.25) is 4.90 Å². The highest BCUT2D eigenvalue weighted by Gasteiger charge is 2.33. The fraction of sp³-hybridized carbons (Fsp3) is 0.458. The maximum absolute atomic E-state index is 13.3. The zero-order chi connectivity index (χ0) is 21.9. The van der Waals surface area contributed by atoms with Crippen LogP contribution >= 0.6 is 0 Å². The zero-order valence-electron chi connectivity index (χ0n) is 18.4. The number of halogens is 1. The number of ether oxygens (including phenoxy) is 1. The molecule has 2 fully saturated rings. The number of methoxy groups -OCH3 is 1. The quantitative estimate of drug-likeness (QED) is 0.585. The molecule has 1 aliphatic carbocycles. The third-order valence-electron chi connectivity index (χ3n) is 6.74. The molecule has 2 heterocycles. The van der Waals surface area contributed by atoms with Crippen LogP contribution in [0.4, 0.5) is 10.1 Å². The molecule has 3 aromatic rings. The Bertz CT molecular complexity index is 1010. The number of benzene rings is 2. The van der Waals surface area contributed by atoms with Crippen LogP contribution in [0.1, 0.15) is 49.2 Å². The van der Waals surface area contributed by atoms with Gasteiger partial charge in [-0.1, -0.05) is 25.0 Å². The van der Waals surface area contributed by atoms with Gasteiger partial charge in [-0.05, 0) is 65.2 Å². The SMILES string of the molecule is COc1ccc([C@H](c2nnnn2C2CCCC2)N2CCN(c3ccc(F)cc3)CC2)cc1. The number of piperazine rings is 1. The second-order valence-electron chi connectivity index (χ2n) is 8.60. The largest absolute Gasteiger partial charge is 0.497 e. The van der Waals surface area contributed by atoms with E-state index in [-0.39, 0.29) is 11.9 Å². The Kier molecular flexibility index (Phi) is 6.03. The third kappa shape index (κ3) is 4.19. The van der Waals surface area contributed by atoms with Crippen LogP contribution in [0.5, 0.6) is 5.75 Å². The van der Waals surface area contributed by atoms with Crippen molar-refractivity contribution in [1.29, 1.82) is 0 Å². The van der Waals surface area contributed by atoms with E-state index in [2.05, 4.69) is 42.1 Å². The van der Waals surface area contributed by atoms with E-state index in [1.165, 1.54) is 25.0 Å². The lowest BCUT2D eigenvalue weighted by Crippen LogP contribution is -2.48. The van der Waals surface area contributed by atoms with Crippen LogP contribution in [-0.4, -0.2) is 58.4 Å². The second-order valence-corrected chi connectivity index (χ2v) is 8.60. The van der Waals surface area contributed by atoms with Gasteiger partial charge in [-0.15, -0.1) is 5.10 Å². The van der Waals surface area contributed by atoms with Crippen molar-refractivity contribution in [1.82, 2.24) is 25.1 Å². The number of anilines is 1. The number of nitrogens with zero attached hydrogens (tertiary/aromatic N) is 6. The smallest absolute Gasteiger partial charge is 0.173 e. The Morgan fingerprint density at radius 1 is 0.938 bits per heavy atom. The topological polar surface area (TPSA) is 59.3 Å². The van der Waals surface area contributed by atoms with E-state index in [1.54, 1.807) is 7.11 Å². The fourth-order valence-electron chi connectivity index (χ4n) is 4.99. The molecule has 0 bridgehead atoms. The summed E-state index contributed by atoms with van der Waals surface area (Å²) >= 11 is 0. The summed E-state index contributed by atoms with van der Waals surface area (Å²) in [5.74, 6) is 1.55. The van der Waals surface area contributed by atoms with E-state index in [9.17, 15) is 4.39 Å². The molecule has 7 nitrogen and oxygen atoms in total. The maximum atomic E-state index is 13.3. The van der Waals surface area contributed by atoms with Crippen LogP contribution in [-0.2, 0) is 0 Å². The van der Waals surface area contributed by atoms with Crippen molar-refractivity contribution in [2.45, 2.75) is 37.8 Å². The van der Waals surface area contributed by atoms with Crippen LogP contribution in [0.3, 0.4) is 0 Å². The number of tetrazole rings is 1. The minimum atomic E-state index is -0.203. The molecule has 2 aliphatic rings. The summed E-state index contributed by atoms with van der Waals surface area (Å²) in [5, 5.41) is 13.0. The molecular weight excluding hydrogens is 407 g/mol. The van der Waals surface area contributed by atoms with Gasteiger partial charge in [0.2, 0.25) is 0 Å². The maximum Gasteiger partial charge on any atom is 0.173 e. The van der Waals surface area contributed by atoms with E-state index in [0.717, 1.165) is 61.8 Å². The third-order valence-corrected chi connectivity index (χ3v) is 6.74. The van der Waals surface area contributed by atoms with Crippen LogP contribution < -0.4 is 9.64 Å². The Morgan fingerprint density at radius 3 is 2.28 bits per heavy atom. The standard InChI is InChI=1S/C24H29FN6O/c1-32-22-12-6-18(7-13-22)23(24-26-27-28-31(24)21-4-2-3-5-21)30-16-14-29(15-17-30)20-10-8-19(25)9-11-20/h6-13,21,23H,2-5,14-17H2,1H3/t23-/m1/s1. The highest BCUT2D eigenvalue weighted by molar-refractivity contribution is 5.46. The lowest BCUT2D eigenvalue weighted by molar-refractivity contribution is 0.197. The van der Waals surface area contributed by atoms with Gasteiger partial charge in [0.05, 0.1) is 19.2 Å². The lowest BCUT2D eigenvalue weighted by atomic mass is 10.0. The second kappa shape index (κ2) is 9.24. The minimum absolute atomic E-state index is 0.0214. The molecule has 5 rings (SSSR count). The molecule has 8 heteroatoms. The van der Waals surface area contributed by atoms with Crippen molar-refractivity contribution < 1.29 is 9.13 Å². The van der Waals surface area contributed by atoms with Gasteiger partial charge in [-0.25, -0.2) is 9.07 Å². The van der Waals surface area contributed by atoms with Gasteiger partial charge in [0.1, 0.15) is 11.6 Å². The van der Waals surface area contributed by atoms with E-state index in [1.807, 2.05) is 24.3 Å². The molecule has 168 valence electrons. The average Bonchev–Trinajstić information content (AvgIpc) is 3.53. The minimum Gasteiger partial charge on any atom is -0.497 e. The van der Waals surface area contributed by atoms with E-state index in [0.29, 0.717) is 6.04 Å². The van der Waals surface area contributed by atoms with Crippen LogP contribution in [0.2, 0.25) is 0 Å². The van der Waals surface area contributed by atoms with Crippen LogP contribution in [0.25, 0.3) is 0 Å². The van der Waals surface area contributed by atoms with Gasteiger partial charge in [-0.2, -0.15) is 0 Å². The summed E-state index contributed by atoms with van der Waals surface area (Å²) in [6.07, 6.45) is 4.72. The molecule has 0 radical (unpaired) electrons. The predicted molar refractivity (Wildman–Crippen MR) is 120 cm³/mol. The summed E-state index contributed by atoms with van der Waals surface area (Å²) in [6, 6.07) is 15.3.